The number of ether oxygens (including phenoxy) is 1. The quantitative estimate of drug-likeness (QED) is 0.635. The molecule has 5 nitrogen and oxygen atoms in total. The van der Waals surface area contributed by atoms with Crippen molar-refractivity contribution in [2.75, 3.05) is 7.11 Å². The van der Waals surface area contributed by atoms with Crippen molar-refractivity contribution in [1.29, 1.82) is 0 Å². The number of pyridine rings is 1. The van der Waals surface area contributed by atoms with E-state index in [1.807, 2.05) is 0 Å². The van der Waals surface area contributed by atoms with E-state index in [1.54, 1.807) is 18.2 Å². The van der Waals surface area contributed by atoms with Crippen LogP contribution in [0.2, 0.25) is 10.0 Å². The third-order valence-electron chi connectivity index (χ3n) is 2.49. The van der Waals surface area contributed by atoms with Crippen LogP contribution in [0.3, 0.4) is 0 Å². The Morgan fingerprint density at radius 2 is 2.11 bits per heavy atom. The summed E-state index contributed by atoms with van der Waals surface area (Å²) in [6, 6.07) is 6.64. The number of nitrogens with zero attached hydrogens (tertiary/aromatic N) is 2. The molecule has 0 radical (unpaired) electrons. The Hall–Kier alpha value is -1.85. The van der Waals surface area contributed by atoms with Crippen molar-refractivity contribution in [3.05, 3.63) is 50.6 Å². The summed E-state index contributed by atoms with van der Waals surface area (Å²) >= 11 is 12.0. The summed E-state index contributed by atoms with van der Waals surface area (Å²) in [5.74, 6) is -0.275. The molecule has 1 aromatic carbocycles. The van der Waals surface area contributed by atoms with Gasteiger partial charge in [-0.2, -0.15) is 0 Å². The van der Waals surface area contributed by atoms with Crippen LogP contribution >= 0.6 is 23.2 Å². The molecule has 1 aromatic heterocycles. The first kappa shape index (κ1) is 13.6. The average Bonchev–Trinajstić information content (AvgIpc) is 2.41. The molecule has 0 N–H and O–H groups in total. The molecular weight excluding hydrogens is 291 g/mol. The van der Waals surface area contributed by atoms with Crippen LogP contribution in [0.4, 0.5) is 5.82 Å². The van der Waals surface area contributed by atoms with E-state index in [0.717, 1.165) is 0 Å². The van der Waals surface area contributed by atoms with Gasteiger partial charge in [0.2, 0.25) is 5.75 Å². The van der Waals surface area contributed by atoms with Crippen LogP contribution in [0, 0.1) is 10.1 Å². The lowest BCUT2D eigenvalue weighted by atomic mass is 10.1. The molecule has 0 bridgehead atoms. The maximum atomic E-state index is 10.8. The predicted octanol–water partition coefficient (Wildman–Crippen LogP) is 3.97. The minimum Gasteiger partial charge on any atom is -0.489 e. The largest absolute Gasteiger partial charge is 0.489 e. The highest BCUT2D eigenvalue weighted by molar-refractivity contribution is 6.43. The maximum absolute atomic E-state index is 10.8. The molecule has 0 aliphatic heterocycles. The van der Waals surface area contributed by atoms with Crippen LogP contribution in [-0.4, -0.2) is 17.0 Å². The van der Waals surface area contributed by atoms with Crippen LogP contribution < -0.4 is 4.74 Å². The fraction of sp³-hybridized carbons (Fsp3) is 0.0833. The van der Waals surface area contributed by atoms with Crippen LogP contribution in [0.15, 0.2) is 30.5 Å². The van der Waals surface area contributed by atoms with Gasteiger partial charge in [0, 0.05) is 17.2 Å². The van der Waals surface area contributed by atoms with Crippen molar-refractivity contribution in [3.63, 3.8) is 0 Å². The second kappa shape index (κ2) is 5.42. The molecule has 0 aliphatic rings. The number of benzene rings is 1. The second-order valence-corrected chi connectivity index (χ2v) is 4.39. The SMILES string of the molecule is COc1cc(-c2cccc(Cl)c2Cl)cnc1[N+](=O)[O-]. The number of aromatic nitrogens is 1. The van der Waals surface area contributed by atoms with Gasteiger partial charge in [0.1, 0.15) is 6.20 Å². The number of rotatable bonds is 3. The highest BCUT2D eigenvalue weighted by atomic mass is 35.5. The Kier molecular flexibility index (Phi) is 3.87. The van der Waals surface area contributed by atoms with E-state index in [1.165, 1.54) is 19.4 Å². The molecular formula is C12H8Cl2N2O3. The zero-order valence-corrected chi connectivity index (χ0v) is 11.3. The molecule has 0 saturated heterocycles. The first-order valence-electron chi connectivity index (χ1n) is 5.17. The van der Waals surface area contributed by atoms with E-state index < -0.39 is 4.92 Å². The molecule has 7 heteroatoms. The van der Waals surface area contributed by atoms with Crippen molar-refractivity contribution in [2.24, 2.45) is 0 Å². The highest BCUT2D eigenvalue weighted by Gasteiger charge is 2.19. The Morgan fingerprint density at radius 3 is 2.74 bits per heavy atom. The predicted molar refractivity (Wildman–Crippen MR) is 72.9 cm³/mol. The number of hydrogen-bond donors (Lipinski definition) is 0. The molecule has 0 fully saturated rings. The normalized spacial score (nSPS) is 10.3. The van der Waals surface area contributed by atoms with Crippen molar-refractivity contribution >= 4 is 29.0 Å². The summed E-state index contributed by atoms with van der Waals surface area (Å²) < 4.78 is 4.96. The molecule has 0 atom stereocenters. The van der Waals surface area contributed by atoms with E-state index in [0.29, 0.717) is 21.2 Å². The summed E-state index contributed by atoms with van der Waals surface area (Å²) in [7, 11) is 1.34. The van der Waals surface area contributed by atoms with Gasteiger partial charge in [-0.3, -0.25) is 0 Å². The van der Waals surface area contributed by atoms with Crippen LogP contribution in [0.1, 0.15) is 0 Å². The van der Waals surface area contributed by atoms with Crippen LogP contribution in [0.25, 0.3) is 11.1 Å². The van der Waals surface area contributed by atoms with Crippen molar-refractivity contribution in [3.8, 4) is 16.9 Å². The van der Waals surface area contributed by atoms with E-state index in [9.17, 15) is 10.1 Å². The summed E-state index contributed by atoms with van der Waals surface area (Å²) in [5, 5.41) is 11.5. The third kappa shape index (κ3) is 2.62. The molecule has 0 unspecified atom stereocenters. The van der Waals surface area contributed by atoms with E-state index in [2.05, 4.69) is 4.98 Å². The number of nitro groups is 1. The summed E-state index contributed by atoms with van der Waals surface area (Å²) in [5.41, 5.74) is 1.23. The van der Waals surface area contributed by atoms with Crippen molar-refractivity contribution < 1.29 is 9.66 Å². The Bertz CT molecular complexity index is 647. The molecule has 98 valence electrons. The molecule has 19 heavy (non-hydrogen) atoms. The van der Waals surface area contributed by atoms with Gasteiger partial charge < -0.3 is 14.9 Å². The maximum Gasteiger partial charge on any atom is 0.406 e. The number of hydrogen-bond acceptors (Lipinski definition) is 4. The monoisotopic (exact) mass is 298 g/mol. The van der Waals surface area contributed by atoms with Crippen LogP contribution in [0.5, 0.6) is 5.75 Å². The van der Waals surface area contributed by atoms with E-state index >= 15 is 0 Å². The average molecular weight is 299 g/mol. The van der Waals surface area contributed by atoms with Crippen molar-refractivity contribution in [1.82, 2.24) is 4.98 Å². The van der Waals surface area contributed by atoms with Gasteiger partial charge in [-0.1, -0.05) is 35.3 Å². The Balaban J connectivity index is 2.58. The zero-order valence-electron chi connectivity index (χ0n) is 9.76. The standard InChI is InChI=1S/C12H8Cl2N2O3/c1-19-10-5-7(6-15-12(10)16(17)18)8-3-2-4-9(13)11(8)14/h2-6H,1H3. The topological polar surface area (TPSA) is 65.3 Å². The van der Waals surface area contributed by atoms with Gasteiger partial charge >= 0.3 is 5.82 Å². The summed E-state index contributed by atoms with van der Waals surface area (Å²) in [6.07, 6.45) is 1.36. The molecule has 0 amide bonds. The first-order valence-corrected chi connectivity index (χ1v) is 5.93. The molecule has 0 saturated carbocycles. The van der Waals surface area contributed by atoms with Gasteiger partial charge in [-0.25, -0.2) is 0 Å². The van der Waals surface area contributed by atoms with Gasteiger partial charge in [-0.15, -0.1) is 0 Å². The molecule has 0 spiro atoms. The van der Waals surface area contributed by atoms with Crippen LogP contribution in [-0.2, 0) is 0 Å². The minimum absolute atomic E-state index is 0.0681. The van der Waals surface area contributed by atoms with Gasteiger partial charge in [0.15, 0.2) is 0 Å². The zero-order chi connectivity index (χ0) is 14.0. The first-order chi connectivity index (χ1) is 9.04. The van der Waals surface area contributed by atoms with Gasteiger partial charge in [0.25, 0.3) is 0 Å². The van der Waals surface area contributed by atoms with Gasteiger partial charge in [0.05, 0.1) is 17.2 Å². The molecule has 2 aromatic rings. The van der Waals surface area contributed by atoms with Crippen molar-refractivity contribution in [2.45, 2.75) is 0 Å². The number of halogens is 2. The highest BCUT2D eigenvalue weighted by Crippen LogP contribution is 2.36. The summed E-state index contributed by atoms with van der Waals surface area (Å²) in [6.45, 7) is 0. The lowest BCUT2D eigenvalue weighted by molar-refractivity contribution is -0.390. The molecule has 1 heterocycles. The Labute approximate surface area is 118 Å². The lowest BCUT2D eigenvalue weighted by Crippen LogP contribution is -1.97. The van der Waals surface area contributed by atoms with E-state index in [-0.39, 0.29) is 11.6 Å². The smallest absolute Gasteiger partial charge is 0.406 e. The second-order valence-electron chi connectivity index (χ2n) is 3.61. The molecule has 2 rings (SSSR count). The molecule has 0 aliphatic carbocycles. The van der Waals surface area contributed by atoms with Gasteiger partial charge in [-0.05, 0) is 16.0 Å². The number of methoxy groups -OCH3 is 1. The van der Waals surface area contributed by atoms with E-state index in [4.69, 9.17) is 27.9 Å². The minimum atomic E-state index is -0.609. The lowest BCUT2D eigenvalue weighted by Gasteiger charge is -2.06. The fourth-order valence-electron chi connectivity index (χ4n) is 1.60. The Morgan fingerprint density at radius 1 is 1.37 bits per heavy atom. The summed E-state index contributed by atoms with van der Waals surface area (Å²) in [4.78, 5) is 13.9. The fourth-order valence-corrected chi connectivity index (χ4v) is 2.01. The third-order valence-corrected chi connectivity index (χ3v) is 3.31.